The lowest BCUT2D eigenvalue weighted by molar-refractivity contribution is 0.102. The van der Waals surface area contributed by atoms with Gasteiger partial charge in [0.1, 0.15) is 6.33 Å². The first-order valence-electron chi connectivity index (χ1n) is 10.1. The van der Waals surface area contributed by atoms with Gasteiger partial charge in [0.2, 0.25) is 0 Å². The van der Waals surface area contributed by atoms with Crippen molar-refractivity contribution in [3.05, 3.63) is 72.4 Å². The first kappa shape index (κ1) is 18.4. The van der Waals surface area contributed by atoms with Crippen molar-refractivity contribution >= 4 is 22.5 Å². The van der Waals surface area contributed by atoms with Crippen molar-refractivity contribution in [3.8, 4) is 11.1 Å². The van der Waals surface area contributed by atoms with Crippen LogP contribution in [0.25, 0.3) is 22.0 Å². The Bertz CT molecular complexity index is 1160. The number of aromatic amines is 1. The summed E-state index contributed by atoms with van der Waals surface area (Å²) in [6.45, 7) is 3.30. The molecule has 30 heavy (non-hydrogen) atoms. The fourth-order valence-electron chi connectivity index (χ4n) is 3.90. The van der Waals surface area contributed by atoms with E-state index in [1.54, 1.807) is 12.4 Å². The fraction of sp³-hybridized carbons (Fsp3) is 0.217. The zero-order chi connectivity index (χ0) is 20.3. The molecular weight excluding hydrogens is 376 g/mol. The number of nitrogens with one attached hydrogen (secondary N) is 2. The molecule has 7 nitrogen and oxygen atoms in total. The van der Waals surface area contributed by atoms with Crippen LogP contribution in [0.4, 0.5) is 5.69 Å². The maximum atomic E-state index is 12.9. The van der Waals surface area contributed by atoms with Crippen LogP contribution in [0.2, 0.25) is 0 Å². The third-order valence-corrected chi connectivity index (χ3v) is 5.49. The Morgan fingerprint density at radius 3 is 2.53 bits per heavy atom. The van der Waals surface area contributed by atoms with E-state index in [-0.39, 0.29) is 5.91 Å². The van der Waals surface area contributed by atoms with E-state index >= 15 is 0 Å². The fourth-order valence-corrected chi connectivity index (χ4v) is 3.90. The van der Waals surface area contributed by atoms with Crippen molar-refractivity contribution in [1.29, 1.82) is 0 Å². The third kappa shape index (κ3) is 3.79. The quantitative estimate of drug-likeness (QED) is 0.533. The van der Waals surface area contributed by atoms with E-state index in [0.29, 0.717) is 5.69 Å². The minimum Gasteiger partial charge on any atom is -0.321 e. The molecule has 4 aromatic rings. The monoisotopic (exact) mass is 398 g/mol. The summed E-state index contributed by atoms with van der Waals surface area (Å²) in [6, 6.07) is 13.9. The van der Waals surface area contributed by atoms with Crippen LogP contribution in [0.3, 0.4) is 0 Å². The number of aromatic nitrogens is 4. The third-order valence-electron chi connectivity index (χ3n) is 5.49. The van der Waals surface area contributed by atoms with E-state index in [2.05, 4.69) is 42.5 Å². The van der Waals surface area contributed by atoms with E-state index in [1.807, 2.05) is 30.3 Å². The van der Waals surface area contributed by atoms with E-state index < -0.39 is 0 Å². The molecule has 0 saturated carbocycles. The number of H-pyrrole nitrogens is 1. The topological polar surface area (TPSA) is 86.8 Å². The lowest BCUT2D eigenvalue weighted by Crippen LogP contribution is -2.18. The number of fused-ring (bicyclic) bond motifs is 1. The summed E-state index contributed by atoms with van der Waals surface area (Å²) < 4.78 is 0. The zero-order valence-corrected chi connectivity index (χ0v) is 16.5. The molecule has 0 radical (unpaired) electrons. The highest BCUT2D eigenvalue weighted by molar-refractivity contribution is 6.11. The first-order chi connectivity index (χ1) is 14.8. The Morgan fingerprint density at radius 2 is 1.77 bits per heavy atom. The SMILES string of the molecule is O=C(Nc1ccc(CN2CCCC2)cc1)c1n[nH]c2ccc(-c3cncnc3)cc12. The van der Waals surface area contributed by atoms with E-state index in [0.717, 1.165) is 34.3 Å². The predicted molar refractivity (Wildman–Crippen MR) is 116 cm³/mol. The number of rotatable bonds is 5. The van der Waals surface area contributed by atoms with Gasteiger partial charge in [0.15, 0.2) is 5.69 Å². The number of anilines is 1. The highest BCUT2D eigenvalue weighted by atomic mass is 16.1. The molecule has 3 heterocycles. The summed E-state index contributed by atoms with van der Waals surface area (Å²) in [5.41, 5.74) is 5.01. The van der Waals surface area contributed by atoms with Crippen molar-refractivity contribution in [2.45, 2.75) is 19.4 Å². The summed E-state index contributed by atoms with van der Waals surface area (Å²) in [5, 5.41) is 10.9. The Morgan fingerprint density at radius 1 is 1.00 bits per heavy atom. The van der Waals surface area contributed by atoms with Gasteiger partial charge in [-0.15, -0.1) is 0 Å². The molecule has 0 unspecified atom stereocenters. The van der Waals surface area contributed by atoms with Gasteiger partial charge < -0.3 is 5.32 Å². The first-order valence-corrected chi connectivity index (χ1v) is 10.1. The number of hydrogen-bond donors (Lipinski definition) is 2. The van der Waals surface area contributed by atoms with Crippen molar-refractivity contribution in [2.75, 3.05) is 18.4 Å². The normalized spacial score (nSPS) is 14.3. The van der Waals surface area contributed by atoms with Gasteiger partial charge in [-0.25, -0.2) is 9.97 Å². The highest BCUT2D eigenvalue weighted by Gasteiger charge is 2.16. The summed E-state index contributed by atoms with van der Waals surface area (Å²) in [4.78, 5) is 23.5. The number of nitrogens with zero attached hydrogens (tertiary/aromatic N) is 4. The molecule has 0 bridgehead atoms. The van der Waals surface area contributed by atoms with E-state index in [9.17, 15) is 4.79 Å². The molecule has 1 fully saturated rings. The summed E-state index contributed by atoms with van der Waals surface area (Å²) in [7, 11) is 0. The van der Waals surface area contributed by atoms with E-state index in [1.165, 1.54) is 37.8 Å². The molecular formula is C23H22N6O. The van der Waals surface area contributed by atoms with Gasteiger partial charge in [-0.1, -0.05) is 18.2 Å². The average Bonchev–Trinajstić information content (AvgIpc) is 3.45. The van der Waals surface area contributed by atoms with Crippen molar-refractivity contribution < 1.29 is 4.79 Å². The van der Waals surface area contributed by atoms with Crippen molar-refractivity contribution in [3.63, 3.8) is 0 Å². The van der Waals surface area contributed by atoms with Gasteiger partial charge in [-0.2, -0.15) is 5.10 Å². The largest absolute Gasteiger partial charge is 0.321 e. The lowest BCUT2D eigenvalue weighted by atomic mass is 10.1. The maximum absolute atomic E-state index is 12.9. The second-order valence-corrected chi connectivity index (χ2v) is 7.59. The molecule has 7 heteroatoms. The lowest BCUT2D eigenvalue weighted by Gasteiger charge is -2.14. The van der Waals surface area contributed by atoms with Crippen LogP contribution in [0.15, 0.2) is 61.2 Å². The van der Waals surface area contributed by atoms with Gasteiger partial charge in [-0.3, -0.25) is 14.8 Å². The average molecular weight is 398 g/mol. The van der Waals surface area contributed by atoms with Gasteiger partial charge >= 0.3 is 0 Å². The molecule has 0 spiro atoms. The number of hydrogen-bond acceptors (Lipinski definition) is 5. The summed E-state index contributed by atoms with van der Waals surface area (Å²) in [6.07, 6.45) is 7.56. The van der Waals surface area contributed by atoms with Crippen LogP contribution in [0.5, 0.6) is 0 Å². The van der Waals surface area contributed by atoms with Gasteiger partial charge in [0.25, 0.3) is 5.91 Å². The Labute approximate surface area is 174 Å². The zero-order valence-electron chi connectivity index (χ0n) is 16.5. The standard InChI is InChI=1S/C23H22N6O/c30-23(26-19-6-3-16(4-7-19)14-29-9-1-2-10-29)22-20-11-17(5-8-21(20)27-28-22)18-12-24-15-25-13-18/h3-8,11-13,15H,1-2,9-10,14H2,(H,26,30)(H,27,28). The van der Waals surface area contributed by atoms with Gasteiger partial charge in [-0.05, 0) is 61.3 Å². The van der Waals surface area contributed by atoms with Gasteiger partial charge in [0.05, 0.1) is 5.52 Å². The van der Waals surface area contributed by atoms with Crippen LogP contribution < -0.4 is 5.32 Å². The molecule has 2 N–H and O–H groups in total. The second-order valence-electron chi connectivity index (χ2n) is 7.59. The minimum absolute atomic E-state index is 0.241. The minimum atomic E-state index is -0.241. The molecule has 1 aliphatic rings. The molecule has 150 valence electrons. The smallest absolute Gasteiger partial charge is 0.276 e. The summed E-state index contributed by atoms with van der Waals surface area (Å²) in [5.74, 6) is -0.241. The molecule has 1 aliphatic heterocycles. The number of benzene rings is 2. The number of carbonyl (C=O) groups excluding carboxylic acids is 1. The van der Waals surface area contributed by atoms with Crippen LogP contribution >= 0.6 is 0 Å². The second kappa shape index (κ2) is 8.04. The van der Waals surface area contributed by atoms with Crippen molar-refractivity contribution in [2.24, 2.45) is 0 Å². The maximum Gasteiger partial charge on any atom is 0.276 e. The summed E-state index contributed by atoms with van der Waals surface area (Å²) >= 11 is 0. The Balaban J connectivity index is 1.34. The molecule has 2 aromatic heterocycles. The van der Waals surface area contributed by atoms with E-state index in [4.69, 9.17) is 0 Å². The molecule has 0 atom stereocenters. The Hall–Kier alpha value is -3.58. The van der Waals surface area contributed by atoms with Gasteiger partial charge in [0, 0.05) is 35.6 Å². The molecule has 0 aliphatic carbocycles. The van der Waals surface area contributed by atoms with Crippen LogP contribution in [0.1, 0.15) is 28.9 Å². The molecule has 2 aromatic carbocycles. The number of carbonyl (C=O) groups is 1. The highest BCUT2D eigenvalue weighted by Crippen LogP contribution is 2.25. The molecule has 1 amide bonds. The number of amides is 1. The number of likely N-dealkylation sites (tertiary alicyclic amines) is 1. The van der Waals surface area contributed by atoms with Crippen LogP contribution in [-0.2, 0) is 6.54 Å². The molecule has 1 saturated heterocycles. The van der Waals surface area contributed by atoms with Crippen LogP contribution in [-0.4, -0.2) is 44.1 Å². The molecule has 5 rings (SSSR count). The van der Waals surface area contributed by atoms with Crippen LogP contribution in [0, 0.1) is 0 Å². The van der Waals surface area contributed by atoms with Crippen molar-refractivity contribution in [1.82, 2.24) is 25.1 Å². The predicted octanol–water partition coefficient (Wildman–Crippen LogP) is 3.87. The Kier molecular flexibility index (Phi) is 4.94.